The third-order valence-corrected chi connectivity index (χ3v) is 3.66. The van der Waals surface area contributed by atoms with Crippen molar-refractivity contribution in [2.24, 2.45) is 0 Å². The fraction of sp³-hybridized carbons (Fsp3) is 0.455. The van der Waals surface area contributed by atoms with E-state index in [1.54, 1.807) is 0 Å². The third kappa shape index (κ3) is 1.27. The zero-order valence-corrected chi connectivity index (χ0v) is 9.55. The highest BCUT2D eigenvalue weighted by Gasteiger charge is 2.30. The van der Waals surface area contributed by atoms with Gasteiger partial charge in [0.05, 0.1) is 0 Å². The maximum Gasteiger partial charge on any atom is 0.0456 e. The van der Waals surface area contributed by atoms with Gasteiger partial charge in [0.15, 0.2) is 0 Å². The minimum absolute atomic E-state index is 0.688. The summed E-state index contributed by atoms with van der Waals surface area (Å²) in [7, 11) is 0. The molecule has 1 fully saturated rings. The van der Waals surface area contributed by atoms with Gasteiger partial charge in [-0.2, -0.15) is 0 Å². The van der Waals surface area contributed by atoms with E-state index in [2.05, 4.69) is 44.3 Å². The molecule has 0 aromatic heterocycles. The van der Waals surface area contributed by atoms with Crippen molar-refractivity contribution >= 4 is 21.6 Å². The van der Waals surface area contributed by atoms with E-state index in [0.717, 1.165) is 19.6 Å². The van der Waals surface area contributed by atoms with Crippen LogP contribution in [0.1, 0.15) is 5.56 Å². The average molecular weight is 253 g/mol. The van der Waals surface area contributed by atoms with Gasteiger partial charge in [-0.05, 0) is 24.1 Å². The van der Waals surface area contributed by atoms with Crippen molar-refractivity contribution in [2.75, 3.05) is 24.5 Å². The SMILES string of the molecule is Brc1ccc2c(c1)N1CCNC[C@@H]1C2. The van der Waals surface area contributed by atoms with E-state index in [9.17, 15) is 0 Å². The van der Waals surface area contributed by atoms with Crippen molar-refractivity contribution in [1.29, 1.82) is 0 Å². The molecule has 0 radical (unpaired) electrons. The second-order valence-corrected chi connectivity index (χ2v) is 4.94. The molecule has 0 amide bonds. The minimum atomic E-state index is 0.688. The van der Waals surface area contributed by atoms with E-state index in [-0.39, 0.29) is 0 Å². The lowest BCUT2D eigenvalue weighted by molar-refractivity contribution is 0.495. The second-order valence-electron chi connectivity index (χ2n) is 4.03. The van der Waals surface area contributed by atoms with Crippen LogP contribution in [-0.2, 0) is 6.42 Å². The van der Waals surface area contributed by atoms with Gasteiger partial charge in [-0.25, -0.2) is 0 Å². The largest absolute Gasteiger partial charge is 0.365 e. The first-order valence-corrected chi connectivity index (χ1v) is 5.90. The predicted octanol–water partition coefficient (Wildman–Crippen LogP) is 1.78. The van der Waals surface area contributed by atoms with Gasteiger partial charge in [0.1, 0.15) is 0 Å². The predicted molar refractivity (Wildman–Crippen MR) is 61.8 cm³/mol. The molecule has 74 valence electrons. The van der Waals surface area contributed by atoms with Crippen molar-refractivity contribution in [1.82, 2.24) is 5.32 Å². The Balaban J connectivity index is 2.02. The molecule has 2 aliphatic rings. The molecular formula is C11H13BrN2. The maximum absolute atomic E-state index is 3.54. The number of fused-ring (bicyclic) bond motifs is 3. The Kier molecular flexibility index (Phi) is 2.03. The van der Waals surface area contributed by atoms with Crippen LogP contribution in [0.4, 0.5) is 5.69 Å². The number of rotatable bonds is 0. The van der Waals surface area contributed by atoms with Crippen LogP contribution >= 0.6 is 15.9 Å². The zero-order chi connectivity index (χ0) is 9.54. The molecule has 0 bridgehead atoms. The molecule has 0 spiro atoms. The summed E-state index contributed by atoms with van der Waals surface area (Å²) in [4.78, 5) is 2.54. The molecule has 2 aliphatic heterocycles. The lowest BCUT2D eigenvalue weighted by Gasteiger charge is -2.32. The summed E-state index contributed by atoms with van der Waals surface area (Å²) in [6.45, 7) is 3.39. The van der Waals surface area contributed by atoms with Gasteiger partial charge in [0, 0.05) is 35.8 Å². The number of halogens is 1. The summed E-state index contributed by atoms with van der Waals surface area (Å²) in [6, 6.07) is 7.33. The summed E-state index contributed by atoms with van der Waals surface area (Å²) in [5, 5.41) is 3.45. The van der Waals surface area contributed by atoms with E-state index in [1.165, 1.54) is 22.1 Å². The van der Waals surface area contributed by atoms with Crippen molar-refractivity contribution in [2.45, 2.75) is 12.5 Å². The first-order valence-electron chi connectivity index (χ1n) is 5.10. The molecule has 14 heavy (non-hydrogen) atoms. The lowest BCUT2D eigenvalue weighted by atomic mass is 10.1. The van der Waals surface area contributed by atoms with E-state index < -0.39 is 0 Å². The van der Waals surface area contributed by atoms with E-state index in [4.69, 9.17) is 0 Å². The molecule has 1 atom stereocenters. The first-order chi connectivity index (χ1) is 6.84. The van der Waals surface area contributed by atoms with Gasteiger partial charge in [-0.15, -0.1) is 0 Å². The Morgan fingerprint density at radius 1 is 1.43 bits per heavy atom. The Labute approximate surface area is 92.4 Å². The number of nitrogens with one attached hydrogen (secondary N) is 1. The maximum atomic E-state index is 3.54. The second kappa shape index (κ2) is 3.24. The third-order valence-electron chi connectivity index (χ3n) is 3.16. The molecule has 0 unspecified atom stereocenters. The molecule has 1 aromatic rings. The number of benzene rings is 1. The normalized spacial score (nSPS) is 24.6. The molecule has 1 saturated heterocycles. The van der Waals surface area contributed by atoms with Crippen LogP contribution in [0.5, 0.6) is 0 Å². The fourth-order valence-corrected chi connectivity index (χ4v) is 2.84. The number of piperazine rings is 1. The van der Waals surface area contributed by atoms with Crippen molar-refractivity contribution in [3.8, 4) is 0 Å². The highest BCUT2D eigenvalue weighted by molar-refractivity contribution is 9.10. The summed E-state index contributed by atoms with van der Waals surface area (Å²) in [5.74, 6) is 0. The summed E-state index contributed by atoms with van der Waals surface area (Å²) in [6.07, 6.45) is 1.20. The molecule has 0 saturated carbocycles. The molecule has 3 heteroatoms. The van der Waals surface area contributed by atoms with Gasteiger partial charge in [0.2, 0.25) is 0 Å². The number of hydrogen-bond acceptors (Lipinski definition) is 2. The molecule has 1 N–H and O–H groups in total. The molecule has 1 aromatic carbocycles. The first kappa shape index (κ1) is 8.74. The van der Waals surface area contributed by atoms with Crippen molar-refractivity contribution < 1.29 is 0 Å². The standard InChI is InChI=1S/C11H13BrN2/c12-9-2-1-8-5-10-7-13-3-4-14(10)11(8)6-9/h1-2,6,10,13H,3-5,7H2/t10-/m0/s1. The zero-order valence-electron chi connectivity index (χ0n) is 7.96. The lowest BCUT2D eigenvalue weighted by Crippen LogP contribution is -2.49. The van der Waals surface area contributed by atoms with Crippen LogP contribution in [0.3, 0.4) is 0 Å². The van der Waals surface area contributed by atoms with Crippen molar-refractivity contribution in [3.63, 3.8) is 0 Å². The number of anilines is 1. The van der Waals surface area contributed by atoms with Gasteiger partial charge in [0.25, 0.3) is 0 Å². The Morgan fingerprint density at radius 3 is 3.29 bits per heavy atom. The molecule has 2 heterocycles. The van der Waals surface area contributed by atoms with E-state index >= 15 is 0 Å². The number of nitrogens with zero attached hydrogens (tertiary/aromatic N) is 1. The van der Waals surface area contributed by atoms with Crippen LogP contribution in [-0.4, -0.2) is 25.7 Å². The van der Waals surface area contributed by atoms with E-state index in [0.29, 0.717) is 6.04 Å². The van der Waals surface area contributed by atoms with Crippen LogP contribution < -0.4 is 10.2 Å². The van der Waals surface area contributed by atoms with Crippen molar-refractivity contribution in [3.05, 3.63) is 28.2 Å². The van der Waals surface area contributed by atoms with Crippen LogP contribution in [0.25, 0.3) is 0 Å². The molecule has 0 aliphatic carbocycles. The highest BCUT2D eigenvalue weighted by atomic mass is 79.9. The van der Waals surface area contributed by atoms with Gasteiger partial charge in [-0.3, -0.25) is 0 Å². The van der Waals surface area contributed by atoms with Gasteiger partial charge < -0.3 is 10.2 Å². The average Bonchev–Trinajstić information content (AvgIpc) is 2.56. The fourth-order valence-electron chi connectivity index (χ4n) is 2.49. The topological polar surface area (TPSA) is 15.3 Å². The van der Waals surface area contributed by atoms with Crippen LogP contribution in [0, 0.1) is 0 Å². The van der Waals surface area contributed by atoms with Gasteiger partial charge in [-0.1, -0.05) is 22.0 Å². The number of hydrogen-bond donors (Lipinski definition) is 1. The summed E-state index contributed by atoms with van der Waals surface area (Å²) >= 11 is 3.54. The van der Waals surface area contributed by atoms with Crippen LogP contribution in [0.15, 0.2) is 22.7 Å². The summed E-state index contributed by atoms with van der Waals surface area (Å²) in [5.41, 5.74) is 2.94. The molecule has 3 rings (SSSR count). The summed E-state index contributed by atoms with van der Waals surface area (Å²) < 4.78 is 1.19. The smallest absolute Gasteiger partial charge is 0.0456 e. The Bertz CT molecular complexity index is 364. The monoisotopic (exact) mass is 252 g/mol. The quantitative estimate of drug-likeness (QED) is 0.758. The Morgan fingerprint density at radius 2 is 2.36 bits per heavy atom. The van der Waals surface area contributed by atoms with Gasteiger partial charge >= 0.3 is 0 Å². The van der Waals surface area contributed by atoms with Crippen LogP contribution in [0.2, 0.25) is 0 Å². The minimum Gasteiger partial charge on any atom is -0.365 e. The highest BCUT2D eigenvalue weighted by Crippen LogP contribution is 2.34. The van der Waals surface area contributed by atoms with E-state index in [1.807, 2.05) is 0 Å². The molecular weight excluding hydrogens is 240 g/mol. The molecule has 2 nitrogen and oxygen atoms in total. The Hall–Kier alpha value is -0.540.